The minimum absolute atomic E-state index is 0.0620. The summed E-state index contributed by atoms with van der Waals surface area (Å²) in [5.74, 6) is 4.59. The fourth-order valence-corrected chi connectivity index (χ4v) is 5.60. The van der Waals surface area contributed by atoms with Crippen LogP contribution in [0, 0.1) is 6.92 Å². The molecule has 1 saturated carbocycles. The molecule has 2 aromatic rings. The predicted molar refractivity (Wildman–Crippen MR) is 212 cm³/mol. The molecule has 4 heterocycles. The number of nitrogens with one attached hydrogen (secondary N) is 3. The summed E-state index contributed by atoms with van der Waals surface area (Å²) in [4.78, 5) is 27.1. The second-order valence-electron chi connectivity index (χ2n) is 13.3. The third-order valence-electron chi connectivity index (χ3n) is 9.29. The van der Waals surface area contributed by atoms with Gasteiger partial charge in [-0.3, -0.25) is 9.89 Å². The number of unbranched alkanes of at least 4 members (excludes halogenated alkanes) is 1. The first-order valence-corrected chi connectivity index (χ1v) is 18.9. The first-order valence-electron chi connectivity index (χ1n) is 18.9. The van der Waals surface area contributed by atoms with Gasteiger partial charge >= 0.3 is 6.09 Å². The summed E-state index contributed by atoms with van der Waals surface area (Å²) in [5, 5.41) is 10.0. The predicted octanol–water partition coefficient (Wildman–Crippen LogP) is 8.28. The Bertz CT molecular complexity index is 1520. The molecule has 3 N–H and O–H groups in total. The highest BCUT2D eigenvalue weighted by molar-refractivity contribution is 6.08. The summed E-state index contributed by atoms with van der Waals surface area (Å²) < 4.78 is 21.1. The number of aryl methyl sites for hydroxylation is 1. The number of hydrogen-bond donors (Lipinski definition) is 3. The zero-order chi connectivity index (χ0) is 38.1. The molecule has 12 heteroatoms. The number of anilines is 2. The Balaban J connectivity index is 0.000000246. The van der Waals surface area contributed by atoms with Crippen molar-refractivity contribution in [2.45, 2.75) is 111 Å². The number of hydrogen-bond acceptors (Lipinski definition) is 11. The third kappa shape index (κ3) is 11.3. The van der Waals surface area contributed by atoms with Crippen LogP contribution in [-0.4, -0.2) is 86.9 Å². The molecule has 0 bridgehead atoms. The number of amidine groups is 2. The molecule has 1 aromatic carbocycles. The van der Waals surface area contributed by atoms with E-state index in [9.17, 15) is 4.79 Å². The van der Waals surface area contributed by atoms with Crippen LogP contribution in [0.2, 0.25) is 0 Å². The topological polar surface area (TPSA) is 131 Å². The lowest BCUT2D eigenvalue weighted by Gasteiger charge is -2.23. The summed E-state index contributed by atoms with van der Waals surface area (Å²) in [7, 11) is 5.11. The van der Waals surface area contributed by atoms with Crippen molar-refractivity contribution in [1.29, 1.82) is 0 Å². The van der Waals surface area contributed by atoms with Crippen molar-refractivity contribution in [3.63, 3.8) is 0 Å². The van der Waals surface area contributed by atoms with E-state index < -0.39 is 0 Å². The van der Waals surface area contributed by atoms with Gasteiger partial charge in [-0.05, 0) is 62.6 Å². The fraction of sp³-hybridized carbons (Fsp3) is 0.600. The van der Waals surface area contributed by atoms with Gasteiger partial charge in [-0.2, -0.15) is 0 Å². The van der Waals surface area contributed by atoms with Gasteiger partial charge in [0.25, 0.3) is 0 Å². The highest BCUT2D eigenvalue weighted by atomic mass is 16.6. The highest BCUT2D eigenvalue weighted by Gasteiger charge is 2.48. The fourth-order valence-electron chi connectivity index (χ4n) is 5.60. The zero-order valence-electron chi connectivity index (χ0n) is 33.2. The van der Waals surface area contributed by atoms with E-state index >= 15 is 0 Å². The molecule has 12 nitrogen and oxygen atoms in total. The van der Waals surface area contributed by atoms with E-state index in [1.807, 2.05) is 32.2 Å². The van der Waals surface area contributed by atoms with Crippen LogP contribution >= 0.6 is 0 Å². The van der Waals surface area contributed by atoms with Gasteiger partial charge < -0.3 is 34.9 Å². The number of nitrogens with zero attached hydrogens (tertiary/aromatic N) is 4. The second kappa shape index (κ2) is 21.3. The Morgan fingerprint density at radius 3 is 2.42 bits per heavy atom. The third-order valence-corrected chi connectivity index (χ3v) is 9.29. The van der Waals surface area contributed by atoms with Crippen molar-refractivity contribution in [2.24, 2.45) is 9.98 Å². The van der Waals surface area contributed by atoms with E-state index in [-0.39, 0.29) is 17.7 Å². The molecule has 4 aliphatic rings. The molecule has 1 aliphatic carbocycles. The van der Waals surface area contributed by atoms with E-state index in [4.69, 9.17) is 18.9 Å². The smallest absolute Gasteiger partial charge is 0.415 e. The number of carbonyl (C=O) groups is 1. The van der Waals surface area contributed by atoms with Gasteiger partial charge in [0.2, 0.25) is 0 Å². The SMILES string of the molecule is CCC(C)c1cc2c(cc1OC)NCCO2.CCC1CN(C(=NC)c2cnc(NC3=NC=CNC34CC4)cc2C)C(=O)O1.CCCC.CCCOC. The Hall–Kier alpha value is -4.32. The quantitative estimate of drug-likeness (QED) is 0.173. The minimum Gasteiger partial charge on any atom is -0.496 e. The molecule has 1 aromatic heterocycles. The number of aliphatic imine (C=N–C) groups is 2. The monoisotopic (exact) mass is 721 g/mol. The van der Waals surface area contributed by atoms with E-state index in [0.29, 0.717) is 18.3 Å². The molecular weight excluding hydrogens is 658 g/mol. The van der Waals surface area contributed by atoms with Crippen LogP contribution < -0.4 is 25.4 Å². The lowest BCUT2D eigenvalue weighted by Crippen LogP contribution is -2.42. The number of cyclic esters (lactones) is 1. The molecule has 1 amide bonds. The average molecular weight is 722 g/mol. The van der Waals surface area contributed by atoms with Crippen LogP contribution in [0.1, 0.15) is 109 Å². The Morgan fingerprint density at radius 1 is 1.13 bits per heavy atom. The van der Waals surface area contributed by atoms with Gasteiger partial charge in [-0.25, -0.2) is 14.8 Å². The molecule has 52 heavy (non-hydrogen) atoms. The molecule has 1 spiro atoms. The summed E-state index contributed by atoms with van der Waals surface area (Å²) in [6.07, 6.45) is 12.7. The number of fused-ring (bicyclic) bond motifs is 1. The van der Waals surface area contributed by atoms with Crippen LogP contribution in [0.25, 0.3) is 0 Å². The van der Waals surface area contributed by atoms with Crippen molar-refractivity contribution >= 4 is 29.3 Å². The molecule has 6 rings (SSSR count). The van der Waals surface area contributed by atoms with E-state index in [1.54, 1.807) is 38.6 Å². The number of benzene rings is 1. The first kappa shape index (κ1) is 42.1. The summed E-state index contributed by atoms with van der Waals surface area (Å²) in [5.41, 5.74) is 4.00. The van der Waals surface area contributed by atoms with Crippen molar-refractivity contribution in [3.05, 3.63) is 53.5 Å². The summed E-state index contributed by atoms with van der Waals surface area (Å²) in [6, 6.07) is 6.10. The maximum Gasteiger partial charge on any atom is 0.415 e. The number of carbonyl (C=O) groups excluding carboxylic acids is 1. The molecular formula is C40H63N7O5. The van der Waals surface area contributed by atoms with Gasteiger partial charge in [-0.15, -0.1) is 0 Å². The number of ether oxygens (including phenoxy) is 4. The Morgan fingerprint density at radius 2 is 1.88 bits per heavy atom. The second-order valence-corrected chi connectivity index (χ2v) is 13.3. The molecule has 2 fully saturated rings. The van der Waals surface area contributed by atoms with E-state index in [1.165, 1.54) is 18.4 Å². The average Bonchev–Trinajstić information content (AvgIpc) is 3.85. The Kier molecular flexibility index (Phi) is 17.2. The maximum atomic E-state index is 12.2. The number of aromatic nitrogens is 1. The van der Waals surface area contributed by atoms with Crippen LogP contribution in [0.15, 0.2) is 46.8 Å². The van der Waals surface area contributed by atoms with Gasteiger partial charge in [0.05, 0.1) is 24.9 Å². The maximum absolute atomic E-state index is 12.2. The van der Waals surface area contributed by atoms with Gasteiger partial charge in [0.15, 0.2) is 0 Å². The van der Waals surface area contributed by atoms with Crippen LogP contribution in [-0.2, 0) is 9.47 Å². The first-order chi connectivity index (χ1) is 25.1. The number of rotatable bonds is 9. The van der Waals surface area contributed by atoms with Crippen molar-refractivity contribution < 1.29 is 23.7 Å². The van der Waals surface area contributed by atoms with Gasteiger partial charge in [-0.1, -0.05) is 54.4 Å². The molecule has 2 atom stereocenters. The lowest BCUT2D eigenvalue weighted by molar-refractivity contribution is 0.135. The van der Waals surface area contributed by atoms with Crippen LogP contribution in [0.5, 0.6) is 11.5 Å². The molecule has 288 valence electrons. The van der Waals surface area contributed by atoms with Gasteiger partial charge in [0, 0.05) is 63.1 Å². The molecule has 2 unspecified atom stereocenters. The van der Waals surface area contributed by atoms with Crippen molar-refractivity contribution in [1.82, 2.24) is 15.2 Å². The zero-order valence-corrected chi connectivity index (χ0v) is 33.2. The standard InChI is InChI=1S/C19H24N6O2.C13H19NO2.C4H10O.C4H10/c1-4-13-11-25(18(26)27-13)16(20-3)14-10-22-15(9-12(14)2)24-17-19(5-6-19)23-8-7-21-17;1-4-9(2)10-7-13-11(8-12(10)15-3)14-5-6-16-13;1-3-4-5-2;1-3-4-2/h7-10,13,23H,4-6,11H2,1-3H3,(H,21,22,24);7-9,14H,4-6H2,1-3H3;3-4H2,1-2H3;3-4H2,1-2H3. The normalized spacial score (nSPS) is 18.2. The van der Waals surface area contributed by atoms with E-state index in [2.05, 4.69) is 71.6 Å². The molecule has 3 aliphatic heterocycles. The van der Waals surface area contributed by atoms with Crippen LogP contribution in [0.3, 0.4) is 0 Å². The summed E-state index contributed by atoms with van der Waals surface area (Å²) in [6.45, 7) is 17.8. The number of amides is 1. The summed E-state index contributed by atoms with van der Waals surface area (Å²) >= 11 is 0. The number of pyridine rings is 1. The minimum atomic E-state index is -0.353. The lowest BCUT2D eigenvalue weighted by atomic mass is 9.96. The van der Waals surface area contributed by atoms with Crippen LogP contribution in [0.4, 0.5) is 16.3 Å². The number of methoxy groups -OCH3 is 2. The highest BCUT2D eigenvalue weighted by Crippen LogP contribution is 2.39. The Labute approximate surface area is 311 Å². The molecule has 0 radical (unpaired) electrons. The van der Waals surface area contributed by atoms with E-state index in [0.717, 1.165) is 91.8 Å². The van der Waals surface area contributed by atoms with Gasteiger partial charge in [0.1, 0.15) is 41.7 Å². The molecule has 1 saturated heterocycles. The van der Waals surface area contributed by atoms with Crippen molar-refractivity contribution in [2.75, 3.05) is 58.2 Å². The largest absolute Gasteiger partial charge is 0.496 e. The van der Waals surface area contributed by atoms with Crippen molar-refractivity contribution in [3.8, 4) is 11.5 Å².